The zero-order chi connectivity index (χ0) is 36.4. The van der Waals surface area contributed by atoms with Crippen molar-refractivity contribution in [2.75, 3.05) is 52.5 Å². The molecule has 0 saturated carbocycles. The van der Waals surface area contributed by atoms with Crippen LogP contribution in [0.4, 0.5) is 0 Å². The summed E-state index contributed by atoms with van der Waals surface area (Å²) >= 11 is 0. The second-order valence-electron chi connectivity index (χ2n) is 13.6. The van der Waals surface area contributed by atoms with Gasteiger partial charge in [-0.2, -0.15) is 0 Å². The summed E-state index contributed by atoms with van der Waals surface area (Å²) < 4.78 is 12.7. The normalized spacial score (nSPS) is 11.6. The molecule has 0 unspecified atom stereocenters. The van der Waals surface area contributed by atoms with Crippen molar-refractivity contribution in [2.45, 2.75) is 129 Å². The van der Waals surface area contributed by atoms with Crippen molar-refractivity contribution in [3.8, 4) is 11.5 Å². The first kappa shape index (κ1) is 56.6. The first-order chi connectivity index (χ1) is 24.4. The van der Waals surface area contributed by atoms with E-state index >= 15 is 0 Å². The fourth-order valence-electron chi connectivity index (χ4n) is 6.16. The number of ether oxygens (including phenoxy) is 2. The van der Waals surface area contributed by atoms with Gasteiger partial charge in [-0.3, -0.25) is 9.59 Å². The fraction of sp³-hybridized carbons (Fsp3) is 0.700. The zero-order valence-corrected chi connectivity index (χ0v) is 36.3. The molecule has 2 amide bonds. The Hall–Kier alpha value is -1.76. The van der Waals surface area contributed by atoms with Gasteiger partial charge in [-0.05, 0) is 87.4 Å². The summed E-state index contributed by atoms with van der Waals surface area (Å²) in [6.07, 6.45) is 14.9. The summed E-state index contributed by atoms with van der Waals surface area (Å²) in [4.78, 5) is 30.4. The minimum atomic E-state index is -0.497. The molecular weight excluding hydrogens is 770 g/mol. The smallest absolute Gasteiger partial charge is 0.239 e. The first-order valence-electron chi connectivity index (χ1n) is 19.6. The van der Waals surface area contributed by atoms with Crippen LogP contribution in [0.5, 0.6) is 11.5 Å². The quantitative estimate of drug-likeness (QED) is 0.0580. The Morgan fingerprint density at radius 2 is 0.926 bits per heavy atom. The maximum absolute atomic E-state index is 13.3. The number of carbonyl (C=O) groups excluding carboxylic acids is 2. The molecule has 2 aromatic carbocycles. The Balaban J connectivity index is -0.00000650. The van der Waals surface area contributed by atoms with Gasteiger partial charge in [0.1, 0.15) is 0 Å². The summed E-state index contributed by atoms with van der Waals surface area (Å²) in [5.74, 6) is 1.39. The van der Waals surface area contributed by atoms with Crippen LogP contribution in [0.2, 0.25) is 0 Å². The number of rotatable bonds is 30. The van der Waals surface area contributed by atoms with Crippen molar-refractivity contribution in [1.82, 2.24) is 9.80 Å². The Labute approximate surface area is 351 Å². The van der Waals surface area contributed by atoms with Gasteiger partial charge in [0.2, 0.25) is 11.8 Å². The number of unbranched alkanes of at least 4 members (excludes halogenated alkanes) is 8. The number of hydrogen-bond donors (Lipinski definition) is 4. The molecule has 54 heavy (non-hydrogen) atoms. The van der Waals surface area contributed by atoms with Gasteiger partial charge in [0.15, 0.2) is 11.5 Å². The van der Waals surface area contributed by atoms with Crippen LogP contribution < -0.4 is 32.4 Å². The molecular formula is C40H74Cl4N6O4. The predicted octanol–water partition coefficient (Wildman–Crippen LogP) is 7.80. The Bertz CT molecular complexity index is 1130. The van der Waals surface area contributed by atoms with E-state index in [1.54, 1.807) is 0 Å². The monoisotopic (exact) mass is 842 g/mol. The van der Waals surface area contributed by atoms with E-state index in [2.05, 4.69) is 26.0 Å². The van der Waals surface area contributed by atoms with E-state index in [0.29, 0.717) is 89.7 Å². The lowest BCUT2D eigenvalue weighted by Gasteiger charge is -2.26. The number of halogens is 4. The minimum absolute atomic E-state index is 0. The summed E-state index contributed by atoms with van der Waals surface area (Å²) in [6.45, 7) is 9.10. The summed E-state index contributed by atoms with van der Waals surface area (Å²) in [7, 11) is 0. The second-order valence-corrected chi connectivity index (χ2v) is 13.6. The average Bonchev–Trinajstić information content (AvgIpc) is 3.12. The van der Waals surface area contributed by atoms with Crippen molar-refractivity contribution in [1.29, 1.82) is 0 Å². The van der Waals surface area contributed by atoms with Crippen molar-refractivity contribution >= 4 is 72.2 Å². The summed E-state index contributed by atoms with van der Waals surface area (Å²) in [5, 5.41) is 2.14. The number of benzene rings is 2. The molecule has 0 bridgehead atoms. The number of carbonyl (C=O) groups is 2. The molecule has 0 aromatic heterocycles. The third kappa shape index (κ3) is 22.7. The van der Waals surface area contributed by atoms with Gasteiger partial charge in [-0.1, -0.05) is 89.5 Å². The molecule has 14 heteroatoms. The molecule has 2 aromatic rings. The highest BCUT2D eigenvalue weighted by Crippen LogP contribution is 2.33. The van der Waals surface area contributed by atoms with Gasteiger partial charge < -0.3 is 42.2 Å². The number of fused-ring (bicyclic) bond motifs is 1. The summed E-state index contributed by atoms with van der Waals surface area (Å²) in [6, 6.07) is 11.2. The molecule has 0 aliphatic rings. The average molecular weight is 845 g/mol. The van der Waals surface area contributed by atoms with E-state index in [0.717, 1.165) is 87.8 Å². The third-order valence-corrected chi connectivity index (χ3v) is 9.23. The van der Waals surface area contributed by atoms with Crippen molar-refractivity contribution in [3.63, 3.8) is 0 Å². The topological polar surface area (TPSA) is 163 Å². The molecule has 0 spiro atoms. The largest absolute Gasteiger partial charge is 0.490 e. The van der Waals surface area contributed by atoms with Crippen LogP contribution in [0.3, 0.4) is 0 Å². The van der Waals surface area contributed by atoms with E-state index in [9.17, 15) is 9.59 Å². The van der Waals surface area contributed by atoms with E-state index in [1.165, 1.54) is 0 Å². The first-order valence-corrected chi connectivity index (χ1v) is 19.6. The number of amides is 2. The maximum Gasteiger partial charge on any atom is 0.239 e. The molecule has 0 heterocycles. The molecule has 10 nitrogen and oxygen atoms in total. The molecule has 316 valence electrons. The summed E-state index contributed by atoms with van der Waals surface area (Å²) in [5.41, 5.74) is 23.9. The van der Waals surface area contributed by atoms with Crippen LogP contribution in [-0.4, -0.2) is 86.2 Å². The van der Waals surface area contributed by atoms with Crippen LogP contribution in [-0.2, 0) is 9.59 Å². The lowest BCUT2D eigenvalue weighted by Crippen LogP contribution is -2.45. The molecule has 2 atom stereocenters. The van der Waals surface area contributed by atoms with Crippen LogP contribution in [0.15, 0.2) is 36.4 Å². The van der Waals surface area contributed by atoms with Gasteiger partial charge in [0, 0.05) is 26.2 Å². The Morgan fingerprint density at radius 1 is 0.556 bits per heavy atom. The zero-order valence-electron chi connectivity index (χ0n) is 33.1. The van der Waals surface area contributed by atoms with Gasteiger partial charge in [-0.25, -0.2) is 0 Å². The standard InChI is InChI=1S/C40H70N6O4.4ClH/c1-3-5-7-15-25-45(39(47)35(43)21-11-13-23-41)27-17-29-49-37-31-33-19-9-10-20-34(33)32-38(37)50-30-18-28-46(26-16-8-6-4-2)40(48)36(44)22-12-14-24-42;;;;/h9-10,19-20,31-32,35-36H,3-8,11-18,21-30,41-44H2,1-2H3;4*1H/t35-,36-;;;;/m0..../s1. The minimum Gasteiger partial charge on any atom is -0.490 e. The van der Waals surface area contributed by atoms with Gasteiger partial charge >= 0.3 is 0 Å². The third-order valence-electron chi connectivity index (χ3n) is 9.23. The molecule has 0 aliphatic heterocycles. The Kier molecular flexibility index (Phi) is 37.3. The number of hydrogen-bond acceptors (Lipinski definition) is 8. The van der Waals surface area contributed by atoms with Gasteiger partial charge in [0.25, 0.3) is 0 Å². The van der Waals surface area contributed by atoms with Crippen LogP contribution >= 0.6 is 49.6 Å². The molecule has 0 fully saturated rings. The lowest BCUT2D eigenvalue weighted by molar-refractivity contribution is -0.133. The molecule has 0 saturated heterocycles. The van der Waals surface area contributed by atoms with Crippen LogP contribution in [0.25, 0.3) is 10.8 Å². The molecule has 8 N–H and O–H groups in total. The highest BCUT2D eigenvalue weighted by molar-refractivity contribution is 5.86. The van der Waals surface area contributed by atoms with Crippen molar-refractivity contribution < 1.29 is 19.1 Å². The van der Waals surface area contributed by atoms with E-state index in [1.807, 2.05) is 34.1 Å². The number of nitrogens with two attached hydrogens (primary N) is 4. The second kappa shape index (κ2) is 35.6. The predicted molar refractivity (Wildman–Crippen MR) is 236 cm³/mol. The van der Waals surface area contributed by atoms with E-state index in [4.69, 9.17) is 32.4 Å². The molecule has 2 rings (SSSR count). The number of nitrogens with zero attached hydrogens (tertiary/aromatic N) is 2. The van der Waals surface area contributed by atoms with Crippen molar-refractivity contribution in [3.05, 3.63) is 36.4 Å². The van der Waals surface area contributed by atoms with Gasteiger partial charge in [0.05, 0.1) is 25.3 Å². The van der Waals surface area contributed by atoms with E-state index < -0.39 is 12.1 Å². The molecule has 0 radical (unpaired) electrons. The molecule has 0 aliphatic carbocycles. The lowest BCUT2D eigenvalue weighted by atomic mass is 10.1. The van der Waals surface area contributed by atoms with E-state index in [-0.39, 0.29) is 61.4 Å². The SMILES string of the molecule is CCCCCCN(CCCOc1cc2ccccc2cc1OCCCN(CCCCCC)C(=O)[C@@H](N)CCCCN)C(=O)[C@@H](N)CCCCN.Cl.Cl.Cl.Cl. The van der Waals surface area contributed by atoms with Crippen LogP contribution in [0, 0.1) is 0 Å². The highest BCUT2D eigenvalue weighted by atomic mass is 35.5. The highest BCUT2D eigenvalue weighted by Gasteiger charge is 2.22. The van der Waals surface area contributed by atoms with Crippen molar-refractivity contribution in [2.24, 2.45) is 22.9 Å². The van der Waals surface area contributed by atoms with Crippen LogP contribution in [0.1, 0.15) is 117 Å². The fourth-order valence-corrected chi connectivity index (χ4v) is 6.16. The maximum atomic E-state index is 13.3. The van der Waals surface area contributed by atoms with Gasteiger partial charge in [-0.15, -0.1) is 49.6 Å². The Morgan fingerprint density at radius 3 is 1.28 bits per heavy atom.